The number of hydrogen-bond donors (Lipinski definition) is 0. The Labute approximate surface area is 334 Å². The van der Waals surface area contributed by atoms with Gasteiger partial charge in [0, 0.05) is 29.1 Å². The quantitative estimate of drug-likeness (QED) is 0.165. The van der Waals surface area contributed by atoms with Crippen LogP contribution in [0, 0.1) is 0 Å². The molecule has 2 heterocycles. The lowest BCUT2D eigenvalue weighted by molar-refractivity contribution is 1.08. The minimum absolute atomic E-state index is 0.616. The molecule has 12 rings (SSSR count). The zero-order chi connectivity index (χ0) is 38.2. The van der Waals surface area contributed by atoms with E-state index in [1.54, 1.807) is 6.20 Å². The Hall–Kier alpha value is -7.82. The van der Waals surface area contributed by atoms with Gasteiger partial charge in [0.1, 0.15) is 0 Å². The van der Waals surface area contributed by atoms with Crippen molar-refractivity contribution in [3.63, 3.8) is 0 Å². The first-order chi connectivity index (χ1) is 28.7. The van der Waals surface area contributed by atoms with Gasteiger partial charge in [-0.3, -0.25) is 4.98 Å². The normalized spacial score (nSPS) is 11.8. The number of fused-ring (bicyclic) bond motifs is 2. The van der Waals surface area contributed by atoms with Crippen LogP contribution in [0.3, 0.4) is 0 Å². The summed E-state index contributed by atoms with van der Waals surface area (Å²) in [6.07, 6.45) is 3.68. The lowest BCUT2D eigenvalue weighted by Crippen LogP contribution is -2.01. The Bertz CT molecular complexity index is 3540. The highest BCUT2D eigenvalue weighted by atomic mass is 15.0. The van der Waals surface area contributed by atoms with Gasteiger partial charge in [-0.25, -0.2) is 15.0 Å². The molecule has 0 saturated heterocycles. The van der Waals surface area contributed by atoms with E-state index in [4.69, 9.17) is 15.0 Å². The third kappa shape index (κ3) is 5.09. The highest BCUT2D eigenvalue weighted by Crippen LogP contribution is 2.44. The van der Waals surface area contributed by atoms with Crippen LogP contribution in [0.1, 0.15) is 0 Å². The predicted molar refractivity (Wildman–Crippen MR) is 241 cm³/mol. The zero-order valence-corrected chi connectivity index (χ0v) is 31.3. The average Bonchev–Trinajstić information content (AvgIpc) is 3.30. The van der Waals surface area contributed by atoms with E-state index in [9.17, 15) is 0 Å². The number of hydrogen-bond acceptors (Lipinski definition) is 4. The summed E-state index contributed by atoms with van der Waals surface area (Å²) in [6, 6.07) is 65.0. The van der Waals surface area contributed by atoms with Crippen molar-refractivity contribution in [3.05, 3.63) is 194 Å². The molecule has 0 aliphatic carbocycles. The SMILES string of the molecule is c1ccc(-c2ccccc2-c2nc(-c3ccc(-c4cccnc4)cc3)nc(-c3cc4ccc5cccc6c7cccc8ccc9cccc(c(c3)c4c56)c9c87)n2)cc1. The van der Waals surface area contributed by atoms with E-state index in [2.05, 4.69) is 175 Å². The molecular weight excluding hydrogens is 705 g/mol. The summed E-state index contributed by atoms with van der Waals surface area (Å²) < 4.78 is 0. The minimum Gasteiger partial charge on any atom is -0.264 e. The Morgan fingerprint density at radius 1 is 0.276 bits per heavy atom. The molecule has 10 aromatic carbocycles. The summed E-state index contributed by atoms with van der Waals surface area (Å²) in [5, 5.41) is 14.8. The van der Waals surface area contributed by atoms with Gasteiger partial charge < -0.3 is 0 Å². The van der Waals surface area contributed by atoms with Crippen molar-refractivity contribution in [3.8, 4) is 56.4 Å². The van der Waals surface area contributed by atoms with Gasteiger partial charge >= 0.3 is 0 Å². The Morgan fingerprint density at radius 2 is 0.793 bits per heavy atom. The summed E-state index contributed by atoms with van der Waals surface area (Å²) >= 11 is 0. The second kappa shape index (κ2) is 12.9. The van der Waals surface area contributed by atoms with E-state index in [-0.39, 0.29) is 0 Å². The first-order valence-corrected chi connectivity index (χ1v) is 19.6. The number of aromatic nitrogens is 4. The first kappa shape index (κ1) is 32.4. The van der Waals surface area contributed by atoms with Crippen molar-refractivity contribution in [2.24, 2.45) is 0 Å². The molecule has 0 aliphatic heterocycles. The van der Waals surface area contributed by atoms with E-state index in [0.717, 1.165) is 44.3 Å². The van der Waals surface area contributed by atoms with Gasteiger partial charge in [0.05, 0.1) is 0 Å². The molecule has 268 valence electrons. The largest absolute Gasteiger partial charge is 0.264 e. The molecule has 0 spiro atoms. The summed E-state index contributed by atoms with van der Waals surface area (Å²) in [6.45, 7) is 0. The second-order valence-electron chi connectivity index (χ2n) is 15.0. The van der Waals surface area contributed by atoms with Crippen molar-refractivity contribution < 1.29 is 0 Å². The van der Waals surface area contributed by atoms with Crippen LogP contribution in [0.4, 0.5) is 0 Å². The van der Waals surface area contributed by atoms with Crippen LogP contribution < -0.4 is 0 Å². The van der Waals surface area contributed by atoms with Crippen molar-refractivity contribution in [1.82, 2.24) is 19.9 Å². The maximum atomic E-state index is 5.35. The molecule has 0 atom stereocenters. The molecule has 0 aliphatic rings. The summed E-state index contributed by atoms with van der Waals surface area (Å²) in [4.78, 5) is 20.2. The van der Waals surface area contributed by atoms with E-state index in [1.807, 2.05) is 18.3 Å². The van der Waals surface area contributed by atoms with Gasteiger partial charge in [-0.2, -0.15) is 0 Å². The lowest BCUT2D eigenvalue weighted by Gasteiger charge is -2.17. The number of benzene rings is 9. The van der Waals surface area contributed by atoms with Crippen LogP contribution in [0.15, 0.2) is 194 Å². The van der Waals surface area contributed by atoms with Gasteiger partial charge in [-0.05, 0) is 105 Å². The molecule has 4 heteroatoms. The molecule has 0 bridgehead atoms. The lowest BCUT2D eigenvalue weighted by atomic mass is 9.87. The molecule has 2 aromatic heterocycles. The van der Waals surface area contributed by atoms with Crippen molar-refractivity contribution in [2.45, 2.75) is 0 Å². The molecule has 58 heavy (non-hydrogen) atoms. The van der Waals surface area contributed by atoms with Crippen LogP contribution in [-0.4, -0.2) is 19.9 Å². The van der Waals surface area contributed by atoms with Crippen molar-refractivity contribution in [2.75, 3.05) is 0 Å². The fourth-order valence-electron chi connectivity index (χ4n) is 9.06. The molecular formula is C54H32N4. The fraction of sp³-hybridized carbons (Fsp3) is 0. The highest BCUT2D eigenvalue weighted by Gasteiger charge is 2.20. The predicted octanol–water partition coefficient (Wildman–Crippen LogP) is 14.0. The Morgan fingerprint density at radius 3 is 1.43 bits per heavy atom. The topological polar surface area (TPSA) is 51.6 Å². The highest BCUT2D eigenvalue weighted by molar-refractivity contribution is 6.37. The van der Waals surface area contributed by atoms with Crippen LogP contribution >= 0.6 is 0 Å². The standard InChI is InChI=1S/C54H32N4/c1-2-10-34(11-3-1)42-16-4-5-17-46(42)54-57-52(38-26-21-33(22-27-38)40-15-9-29-55-32-40)56-53(58-54)41-30-39-28-25-37-13-7-19-44-43-18-6-12-35-23-24-36-14-8-20-45(50(36)48(35)43)47(31-41)51(39)49(37)44/h1-32H. The maximum absolute atomic E-state index is 5.35. The van der Waals surface area contributed by atoms with Crippen LogP contribution in [-0.2, 0) is 0 Å². The smallest absolute Gasteiger partial charge is 0.164 e. The number of nitrogens with zero attached hydrogens (tertiary/aromatic N) is 4. The van der Waals surface area contributed by atoms with Crippen molar-refractivity contribution >= 4 is 64.6 Å². The van der Waals surface area contributed by atoms with Crippen molar-refractivity contribution in [1.29, 1.82) is 0 Å². The third-order valence-corrected chi connectivity index (χ3v) is 11.7. The molecule has 0 saturated carbocycles. The molecule has 0 amide bonds. The van der Waals surface area contributed by atoms with E-state index < -0.39 is 0 Å². The van der Waals surface area contributed by atoms with Gasteiger partial charge in [-0.15, -0.1) is 0 Å². The minimum atomic E-state index is 0.616. The number of rotatable bonds is 5. The molecule has 0 radical (unpaired) electrons. The Balaban J connectivity index is 1.17. The van der Waals surface area contributed by atoms with Crippen LogP contribution in [0.25, 0.3) is 121 Å². The molecule has 4 nitrogen and oxygen atoms in total. The van der Waals surface area contributed by atoms with E-state index >= 15 is 0 Å². The summed E-state index contributed by atoms with van der Waals surface area (Å²) in [5.74, 6) is 1.86. The average molecular weight is 737 g/mol. The third-order valence-electron chi connectivity index (χ3n) is 11.7. The number of pyridine rings is 1. The molecule has 0 unspecified atom stereocenters. The molecule has 0 fully saturated rings. The van der Waals surface area contributed by atoms with Crippen LogP contribution in [0.2, 0.25) is 0 Å². The maximum Gasteiger partial charge on any atom is 0.164 e. The van der Waals surface area contributed by atoms with Gasteiger partial charge in [-0.1, -0.05) is 164 Å². The second-order valence-corrected chi connectivity index (χ2v) is 15.0. The monoisotopic (exact) mass is 736 g/mol. The molecule has 0 N–H and O–H groups in total. The summed E-state index contributed by atoms with van der Waals surface area (Å²) in [7, 11) is 0. The first-order valence-electron chi connectivity index (χ1n) is 19.6. The zero-order valence-electron chi connectivity index (χ0n) is 31.3. The van der Waals surface area contributed by atoms with E-state index in [1.165, 1.54) is 59.2 Å². The van der Waals surface area contributed by atoms with Gasteiger partial charge in [0.25, 0.3) is 0 Å². The molecule has 12 aromatic rings. The van der Waals surface area contributed by atoms with Gasteiger partial charge in [0.15, 0.2) is 17.5 Å². The van der Waals surface area contributed by atoms with E-state index in [0.29, 0.717) is 17.5 Å². The van der Waals surface area contributed by atoms with Gasteiger partial charge in [0.2, 0.25) is 0 Å². The van der Waals surface area contributed by atoms with Crippen LogP contribution in [0.5, 0.6) is 0 Å². The summed E-state index contributed by atoms with van der Waals surface area (Å²) in [5.41, 5.74) is 7.11. The fourth-order valence-corrected chi connectivity index (χ4v) is 9.06. The Kier molecular flexibility index (Phi) is 7.20.